The molecule has 6 nitrogen and oxygen atoms in total. The summed E-state index contributed by atoms with van der Waals surface area (Å²) in [5.74, 6) is 0.904. The Balaban J connectivity index is 0.000000428. The van der Waals surface area contributed by atoms with Crippen molar-refractivity contribution in [3.63, 3.8) is 0 Å². The minimum atomic E-state index is 0.556. The van der Waals surface area contributed by atoms with Gasteiger partial charge in [-0.2, -0.15) is 5.10 Å². The first-order valence-electron chi connectivity index (χ1n) is 12.4. The summed E-state index contributed by atoms with van der Waals surface area (Å²) >= 11 is 0. The largest absolute Gasteiger partial charge is 0.399 e. The van der Waals surface area contributed by atoms with E-state index in [1.54, 1.807) is 0 Å². The molecule has 4 rings (SSSR count). The van der Waals surface area contributed by atoms with E-state index in [4.69, 9.17) is 16.3 Å². The van der Waals surface area contributed by atoms with Crippen molar-refractivity contribution in [2.75, 3.05) is 5.73 Å². The number of aromatic nitrogens is 2. The van der Waals surface area contributed by atoms with E-state index in [0.717, 1.165) is 39.5 Å². The smallest absolute Gasteiger partial charge is 0.128 e. The van der Waals surface area contributed by atoms with Crippen molar-refractivity contribution in [1.82, 2.24) is 15.1 Å². The first-order chi connectivity index (χ1) is 18.3. The van der Waals surface area contributed by atoms with Crippen molar-refractivity contribution in [2.24, 2.45) is 5.73 Å². The van der Waals surface area contributed by atoms with Gasteiger partial charge >= 0.3 is 0 Å². The molecule has 0 aliphatic heterocycles. The van der Waals surface area contributed by atoms with Gasteiger partial charge < -0.3 is 21.6 Å². The summed E-state index contributed by atoms with van der Waals surface area (Å²) in [5, 5.41) is 8.09. The Kier molecular flexibility index (Phi) is 11.7. The Labute approximate surface area is 226 Å². The quantitative estimate of drug-likeness (QED) is 0.211. The van der Waals surface area contributed by atoms with E-state index in [1.165, 1.54) is 16.7 Å². The minimum Gasteiger partial charge on any atom is -0.399 e. The van der Waals surface area contributed by atoms with Crippen LogP contribution in [0.4, 0.5) is 5.69 Å². The van der Waals surface area contributed by atoms with Crippen molar-refractivity contribution in [3.8, 4) is 0 Å². The van der Waals surface area contributed by atoms with Gasteiger partial charge in [-0.1, -0.05) is 72.8 Å². The van der Waals surface area contributed by atoms with Gasteiger partial charge in [0.25, 0.3) is 0 Å². The second kappa shape index (κ2) is 15.0. The molecule has 0 atom stereocenters. The van der Waals surface area contributed by atoms with Crippen LogP contribution in [0.1, 0.15) is 39.1 Å². The molecule has 0 unspecified atom stereocenters. The van der Waals surface area contributed by atoms with Gasteiger partial charge in [0, 0.05) is 24.5 Å². The highest BCUT2D eigenvalue weighted by molar-refractivity contribution is 5.79. The molecule has 5 N–H and O–H groups in total. The number of rotatable bonds is 7. The number of hydrogen-bond acceptors (Lipinski definition) is 5. The molecular weight excluding hydrogens is 470 g/mol. The van der Waals surface area contributed by atoms with Crippen LogP contribution in [0.3, 0.4) is 0 Å². The van der Waals surface area contributed by atoms with E-state index in [9.17, 15) is 0 Å². The minimum absolute atomic E-state index is 0.556. The van der Waals surface area contributed by atoms with Crippen LogP contribution in [0.2, 0.25) is 0 Å². The van der Waals surface area contributed by atoms with Crippen LogP contribution in [0.25, 0.3) is 11.4 Å². The van der Waals surface area contributed by atoms with Gasteiger partial charge in [-0.3, -0.25) is 0 Å². The third kappa shape index (κ3) is 8.61. The predicted octanol–water partition coefficient (Wildman–Crippen LogP) is 5.96. The number of hydrogen-bond donors (Lipinski definition) is 3. The number of nitrogens with two attached hydrogens (primary N) is 2. The zero-order valence-corrected chi connectivity index (χ0v) is 22.9. The van der Waals surface area contributed by atoms with Crippen LogP contribution in [0, 0.1) is 27.7 Å². The van der Waals surface area contributed by atoms with Crippen molar-refractivity contribution in [3.05, 3.63) is 131 Å². The topological polar surface area (TPSA) is 99.0 Å². The van der Waals surface area contributed by atoms with Crippen molar-refractivity contribution >= 4 is 23.9 Å². The summed E-state index contributed by atoms with van der Waals surface area (Å²) in [7, 11) is 0. The van der Waals surface area contributed by atoms with E-state index < -0.39 is 0 Å². The molecule has 4 aromatic rings. The molecule has 1 heterocycles. The molecule has 0 fully saturated rings. The van der Waals surface area contributed by atoms with Gasteiger partial charge in [0.1, 0.15) is 12.6 Å². The number of nitrogens with one attached hydrogen (secondary N) is 1. The van der Waals surface area contributed by atoms with E-state index >= 15 is 0 Å². The maximum Gasteiger partial charge on any atom is 0.128 e. The lowest BCUT2D eigenvalue weighted by Crippen LogP contribution is -2.19. The first kappa shape index (κ1) is 29.8. The highest BCUT2D eigenvalue weighted by atomic mass is 16.1. The zero-order chi connectivity index (χ0) is 28.1. The Bertz CT molecular complexity index is 1310. The molecule has 0 radical (unpaired) electrons. The van der Waals surface area contributed by atoms with E-state index in [2.05, 4.69) is 80.2 Å². The SMILES string of the molecule is C=C(/C=C(/NCc1ccc(CN)cc1)n1ncc(C)c1C)c1ccccc1C.C=O.Cc1ccc(N)cc1. The van der Waals surface area contributed by atoms with Gasteiger partial charge in [-0.15, -0.1) is 0 Å². The summed E-state index contributed by atoms with van der Waals surface area (Å²) in [6.07, 6.45) is 3.95. The Morgan fingerprint density at radius 3 is 2.03 bits per heavy atom. The van der Waals surface area contributed by atoms with Crippen LogP contribution in [-0.4, -0.2) is 16.6 Å². The fourth-order valence-electron chi connectivity index (χ4n) is 3.65. The summed E-state index contributed by atoms with van der Waals surface area (Å²) in [6, 6.07) is 24.4. The summed E-state index contributed by atoms with van der Waals surface area (Å²) in [5.41, 5.74) is 21.1. The van der Waals surface area contributed by atoms with Crippen molar-refractivity contribution in [1.29, 1.82) is 0 Å². The molecule has 38 heavy (non-hydrogen) atoms. The zero-order valence-electron chi connectivity index (χ0n) is 22.9. The lowest BCUT2D eigenvalue weighted by atomic mass is 10.0. The highest BCUT2D eigenvalue weighted by Gasteiger charge is 2.10. The number of benzene rings is 3. The van der Waals surface area contributed by atoms with Gasteiger partial charge in [-0.25, -0.2) is 4.68 Å². The number of carbonyl (C=O) groups excluding carboxylic acids is 1. The molecule has 0 saturated heterocycles. The molecule has 0 saturated carbocycles. The molecular formula is C32H39N5O. The van der Waals surface area contributed by atoms with Crippen LogP contribution < -0.4 is 16.8 Å². The predicted molar refractivity (Wildman–Crippen MR) is 160 cm³/mol. The van der Waals surface area contributed by atoms with E-state index in [-0.39, 0.29) is 0 Å². The number of nitrogens with zero attached hydrogens (tertiary/aromatic N) is 2. The molecule has 0 spiro atoms. The molecule has 0 aliphatic rings. The summed E-state index contributed by atoms with van der Waals surface area (Å²) in [6.45, 7) is 15.8. The third-order valence-corrected chi connectivity index (χ3v) is 6.10. The maximum atomic E-state index is 8.00. The maximum absolute atomic E-state index is 8.00. The molecule has 0 bridgehead atoms. The van der Waals surface area contributed by atoms with Crippen LogP contribution in [0.5, 0.6) is 0 Å². The number of carbonyl (C=O) groups is 1. The van der Waals surface area contributed by atoms with E-state index in [0.29, 0.717) is 13.1 Å². The number of aryl methyl sites for hydroxylation is 3. The summed E-state index contributed by atoms with van der Waals surface area (Å²) < 4.78 is 1.94. The fourth-order valence-corrected chi connectivity index (χ4v) is 3.65. The van der Waals surface area contributed by atoms with Crippen molar-refractivity contribution in [2.45, 2.75) is 40.8 Å². The lowest BCUT2D eigenvalue weighted by molar-refractivity contribution is -0.0979. The second-order valence-electron chi connectivity index (χ2n) is 8.98. The van der Waals surface area contributed by atoms with Gasteiger partial charge in [0.15, 0.2) is 0 Å². The molecule has 0 aliphatic carbocycles. The van der Waals surface area contributed by atoms with Crippen LogP contribution in [0.15, 0.2) is 91.6 Å². The molecule has 198 valence electrons. The average Bonchev–Trinajstić information content (AvgIpc) is 3.27. The average molecular weight is 510 g/mol. The van der Waals surface area contributed by atoms with Crippen molar-refractivity contribution < 1.29 is 4.79 Å². The monoisotopic (exact) mass is 509 g/mol. The van der Waals surface area contributed by atoms with Crippen LogP contribution >= 0.6 is 0 Å². The number of anilines is 1. The van der Waals surface area contributed by atoms with Gasteiger partial charge in [0.2, 0.25) is 0 Å². The highest BCUT2D eigenvalue weighted by Crippen LogP contribution is 2.21. The van der Waals surface area contributed by atoms with E-state index in [1.807, 2.05) is 61.0 Å². The fraction of sp³-hybridized carbons (Fsp3) is 0.188. The van der Waals surface area contributed by atoms with Gasteiger partial charge in [-0.05, 0) is 79.3 Å². The van der Waals surface area contributed by atoms with Crippen LogP contribution in [-0.2, 0) is 17.9 Å². The summed E-state index contributed by atoms with van der Waals surface area (Å²) in [4.78, 5) is 8.00. The molecule has 1 aromatic heterocycles. The first-order valence-corrected chi connectivity index (χ1v) is 12.4. The molecule has 3 aromatic carbocycles. The Morgan fingerprint density at radius 1 is 0.895 bits per heavy atom. The Hall–Kier alpha value is -4.42. The Morgan fingerprint density at radius 2 is 1.50 bits per heavy atom. The number of nitrogen functional groups attached to an aromatic ring is 1. The third-order valence-electron chi connectivity index (χ3n) is 6.10. The van der Waals surface area contributed by atoms with Gasteiger partial charge in [0.05, 0.1) is 6.20 Å². The number of allylic oxidation sites excluding steroid dienone is 2. The lowest BCUT2D eigenvalue weighted by Gasteiger charge is -2.15. The standard InChI is InChI=1S/C24H28N4.C7H9N.CH2O/c1-17-7-5-6-8-23(17)18(2)13-24(28-20(4)19(3)15-27-28)26-16-22-11-9-21(14-25)10-12-22;1-6-2-4-7(8)5-3-6;1-2/h5-13,15,26H,2,14,16,25H2,1,3-4H3;2-5H,8H2,1H3;1H2/b24-13-;;. The molecule has 0 amide bonds. The molecule has 6 heteroatoms. The second-order valence-corrected chi connectivity index (χ2v) is 8.98. The normalized spacial score (nSPS) is 10.5.